The number of carboxylic acids is 1. The van der Waals surface area contributed by atoms with E-state index in [1.165, 1.54) is 25.3 Å². The van der Waals surface area contributed by atoms with Gasteiger partial charge in [0.2, 0.25) is 0 Å². The Morgan fingerprint density at radius 1 is 1.25 bits per heavy atom. The molecule has 1 N–H and O–H groups in total. The molecule has 0 fully saturated rings. The van der Waals surface area contributed by atoms with Crippen LogP contribution in [-0.2, 0) is 11.4 Å². The van der Waals surface area contributed by atoms with Gasteiger partial charge in [-0.15, -0.1) is 0 Å². The first-order valence-electron chi connectivity index (χ1n) is 6.94. The summed E-state index contributed by atoms with van der Waals surface area (Å²) >= 11 is 0. The fourth-order valence-electron chi connectivity index (χ4n) is 1.95. The number of ether oxygens (including phenoxy) is 2. The van der Waals surface area contributed by atoms with Crippen molar-refractivity contribution in [3.05, 3.63) is 65.0 Å². The summed E-state index contributed by atoms with van der Waals surface area (Å²) in [5.41, 5.74) is 0.871. The van der Waals surface area contributed by atoms with Crippen LogP contribution in [0.1, 0.15) is 11.1 Å². The second-order valence-corrected chi connectivity index (χ2v) is 4.80. The highest BCUT2D eigenvalue weighted by molar-refractivity contribution is 5.96. The highest BCUT2D eigenvalue weighted by Gasteiger charge is 2.09. The van der Waals surface area contributed by atoms with E-state index >= 15 is 0 Å². The molecule has 0 spiro atoms. The molecular weight excluding hydrogens is 313 g/mol. The number of benzene rings is 2. The Bertz CT molecular complexity index is 807. The van der Waals surface area contributed by atoms with Crippen molar-refractivity contribution in [2.45, 2.75) is 6.61 Å². The van der Waals surface area contributed by atoms with Crippen LogP contribution >= 0.6 is 0 Å². The molecule has 2 aromatic carbocycles. The molecule has 0 atom stereocenters. The Labute approximate surface area is 138 Å². The van der Waals surface area contributed by atoms with E-state index < -0.39 is 5.97 Å². The zero-order valence-electron chi connectivity index (χ0n) is 12.8. The van der Waals surface area contributed by atoms with Gasteiger partial charge in [-0.3, -0.25) is 0 Å². The van der Waals surface area contributed by atoms with Gasteiger partial charge in [-0.2, -0.15) is 5.26 Å². The number of hydrogen-bond donors (Lipinski definition) is 1. The van der Waals surface area contributed by atoms with Crippen LogP contribution < -0.4 is 9.47 Å². The second-order valence-electron chi connectivity index (χ2n) is 4.80. The summed E-state index contributed by atoms with van der Waals surface area (Å²) in [6.45, 7) is 0.188. The van der Waals surface area contributed by atoms with Gasteiger partial charge in [0.1, 0.15) is 24.1 Å². The first-order valence-corrected chi connectivity index (χ1v) is 6.94. The third kappa shape index (κ3) is 4.34. The summed E-state index contributed by atoms with van der Waals surface area (Å²) in [4.78, 5) is 10.9. The number of methoxy groups -OCH3 is 1. The average Bonchev–Trinajstić information content (AvgIpc) is 2.59. The molecule has 5 nitrogen and oxygen atoms in total. The molecule has 0 aliphatic carbocycles. The molecule has 0 radical (unpaired) electrons. The Balaban J connectivity index is 2.24. The summed E-state index contributed by atoms with van der Waals surface area (Å²) in [5, 5.41) is 17.7. The van der Waals surface area contributed by atoms with Crippen LogP contribution in [0, 0.1) is 17.1 Å². The van der Waals surface area contributed by atoms with Crippen molar-refractivity contribution in [3.63, 3.8) is 0 Å². The number of halogens is 1. The van der Waals surface area contributed by atoms with Crippen LogP contribution in [0.3, 0.4) is 0 Å². The number of hydrogen-bond acceptors (Lipinski definition) is 4. The first-order chi connectivity index (χ1) is 11.5. The van der Waals surface area contributed by atoms with Crippen molar-refractivity contribution >= 4 is 12.0 Å². The highest BCUT2D eigenvalue weighted by Crippen LogP contribution is 2.29. The molecule has 2 rings (SSSR count). The largest absolute Gasteiger partial charge is 0.493 e. The van der Waals surface area contributed by atoms with Crippen LogP contribution in [0.5, 0.6) is 11.5 Å². The second kappa shape index (κ2) is 7.79. The van der Waals surface area contributed by atoms with Crippen molar-refractivity contribution in [1.82, 2.24) is 0 Å². The lowest BCUT2D eigenvalue weighted by molar-refractivity contribution is -0.132. The molecule has 2 aromatic rings. The van der Waals surface area contributed by atoms with E-state index in [0.29, 0.717) is 17.1 Å². The van der Waals surface area contributed by atoms with Crippen LogP contribution in [0.25, 0.3) is 6.08 Å². The number of aliphatic carboxylic acids is 1. The minimum Gasteiger partial charge on any atom is -0.493 e. The van der Waals surface area contributed by atoms with Crippen LogP contribution in [0.4, 0.5) is 4.39 Å². The summed E-state index contributed by atoms with van der Waals surface area (Å²) in [5.74, 6) is -0.787. The van der Waals surface area contributed by atoms with Gasteiger partial charge in [-0.25, -0.2) is 9.18 Å². The lowest BCUT2D eigenvalue weighted by Crippen LogP contribution is -1.99. The fourth-order valence-corrected chi connectivity index (χ4v) is 1.95. The van der Waals surface area contributed by atoms with Gasteiger partial charge in [0.05, 0.1) is 7.11 Å². The minimum absolute atomic E-state index is 0.188. The van der Waals surface area contributed by atoms with Crippen molar-refractivity contribution in [2.24, 2.45) is 0 Å². The van der Waals surface area contributed by atoms with Crippen LogP contribution in [0.2, 0.25) is 0 Å². The Kier molecular flexibility index (Phi) is 5.53. The van der Waals surface area contributed by atoms with E-state index in [1.54, 1.807) is 36.4 Å². The molecule has 6 heteroatoms. The summed E-state index contributed by atoms with van der Waals surface area (Å²) in [6.07, 6.45) is 1.24. The fraction of sp³-hybridized carbons (Fsp3) is 0.111. The Hall–Kier alpha value is -3.33. The maximum atomic E-state index is 12.9. The Morgan fingerprint density at radius 3 is 2.54 bits per heavy atom. The molecule has 0 aliphatic rings. The van der Waals surface area contributed by atoms with Crippen molar-refractivity contribution in [1.29, 1.82) is 5.26 Å². The molecule has 24 heavy (non-hydrogen) atoms. The number of carboxylic acid groups (broad SMARTS) is 1. The molecule has 0 unspecified atom stereocenters. The molecule has 0 bridgehead atoms. The van der Waals surface area contributed by atoms with Gasteiger partial charge in [-0.05, 0) is 41.5 Å². The van der Waals surface area contributed by atoms with E-state index in [9.17, 15) is 9.18 Å². The molecule has 0 amide bonds. The zero-order valence-corrected chi connectivity index (χ0v) is 12.8. The number of nitrogens with zero attached hydrogens (tertiary/aromatic N) is 1. The van der Waals surface area contributed by atoms with E-state index in [2.05, 4.69) is 0 Å². The molecule has 0 saturated heterocycles. The van der Waals surface area contributed by atoms with Crippen LogP contribution in [0.15, 0.2) is 48.0 Å². The van der Waals surface area contributed by atoms with Gasteiger partial charge in [0.25, 0.3) is 0 Å². The normalized spacial score (nSPS) is 10.8. The maximum absolute atomic E-state index is 12.9. The van der Waals surface area contributed by atoms with E-state index in [0.717, 1.165) is 5.56 Å². The van der Waals surface area contributed by atoms with Gasteiger partial charge < -0.3 is 14.6 Å². The molecule has 0 aromatic heterocycles. The number of nitriles is 1. The van der Waals surface area contributed by atoms with Crippen molar-refractivity contribution in [3.8, 4) is 17.6 Å². The molecule has 0 heterocycles. The van der Waals surface area contributed by atoms with Gasteiger partial charge in [0.15, 0.2) is 11.5 Å². The molecule has 0 saturated carbocycles. The first kappa shape index (κ1) is 17.0. The molecule has 0 aliphatic heterocycles. The topological polar surface area (TPSA) is 79.5 Å². The molecule has 122 valence electrons. The van der Waals surface area contributed by atoms with E-state index in [4.69, 9.17) is 19.8 Å². The van der Waals surface area contributed by atoms with E-state index in [1.807, 2.05) is 0 Å². The minimum atomic E-state index is -1.30. The summed E-state index contributed by atoms with van der Waals surface area (Å²) in [6, 6.07) is 12.3. The number of rotatable bonds is 6. The predicted molar refractivity (Wildman–Crippen MR) is 85.0 cm³/mol. The lowest BCUT2D eigenvalue weighted by atomic mass is 10.1. The van der Waals surface area contributed by atoms with E-state index in [-0.39, 0.29) is 18.0 Å². The smallest absolute Gasteiger partial charge is 0.346 e. The SMILES string of the molecule is COc1ccc(C=C(C#N)C(=O)O)cc1OCc1ccc(F)cc1. The average molecular weight is 327 g/mol. The standard InChI is InChI=1S/C18H14FNO4/c1-23-16-7-4-13(8-14(10-20)18(21)22)9-17(16)24-11-12-2-5-15(19)6-3-12/h2-9H,11H2,1H3,(H,21,22). The maximum Gasteiger partial charge on any atom is 0.346 e. The predicted octanol–water partition coefficient (Wildman–Crippen LogP) is 3.40. The van der Waals surface area contributed by atoms with Crippen molar-refractivity contribution < 1.29 is 23.8 Å². The zero-order chi connectivity index (χ0) is 17.5. The van der Waals surface area contributed by atoms with Gasteiger partial charge in [-0.1, -0.05) is 18.2 Å². The Morgan fingerprint density at radius 2 is 1.96 bits per heavy atom. The third-order valence-corrected chi connectivity index (χ3v) is 3.16. The lowest BCUT2D eigenvalue weighted by Gasteiger charge is -2.11. The summed E-state index contributed by atoms with van der Waals surface area (Å²) in [7, 11) is 1.48. The summed E-state index contributed by atoms with van der Waals surface area (Å²) < 4.78 is 23.8. The van der Waals surface area contributed by atoms with Crippen LogP contribution in [-0.4, -0.2) is 18.2 Å². The monoisotopic (exact) mass is 327 g/mol. The van der Waals surface area contributed by atoms with Crippen molar-refractivity contribution in [2.75, 3.05) is 7.11 Å². The highest BCUT2D eigenvalue weighted by atomic mass is 19.1. The van der Waals surface area contributed by atoms with Gasteiger partial charge >= 0.3 is 5.97 Å². The number of carbonyl (C=O) groups is 1. The molecular formula is C18H14FNO4. The van der Waals surface area contributed by atoms with Gasteiger partial charge in [0, 0.05) is 0 Å². The third-order valence-electron chi connectivity index (χ3n) is 3.16. The quantitative estimate of drug-likeness (QED) is 0.650.